The van der Waals surface area contributed by atoms with Crippen LogP contribution in [0.3, 0.4) is 0 Å². The lowest BCUT2D eigenvalue weighted by Crippen LogP contribution is -2.06. The number of hydrogen-bond donors (Lipinski definition) is 0. The molecule has 174 valence electrons. The van der Waals surface area contributed by atoms with E-state index in [9.17, 15) is 4.79 Å². The highest BCUT2D eigenvalue weighted by atomic mass is 79.9. The van der Waals surface area contributed by atoms with Gasteiger partial charge in [-0.1, -0.05) is 47.5 Å². The van der Waals surface area contributed by atoms with Crippen LogP contribution < -0.4 is 9.47 Å². The maximum Gasteiger partial charge on any atom is 0.363 e. The van der Waals surface area contributed by atoms with Crippen molar-refractivity contribution < 1.29 is 19.0 Å². The summed E-state index contributed by atoms with van der Waals surface area (Å²) in [6.07, 6.45) is 1.66. The first kappa shape index (κ1) is 24.3. The van der Waals surface area contributed by atoms with E-state index >= 15 is 0 Å². The number of halogens is 3. The van der Waals surface area contributed by atoms with Crippen LogP contribution in [0, 0.1) is 6.92 Å². The van der Waals surface area contributed by atoms with Gasteiger partial charge in [0.25, 0.3) is 0 Å². The molecule has 0 radical (unpaired) electrons. The molecular weight excluding hydrogens is 541 g/mol. The Labute approximate surface area is 216 Å². The summed E-state index contributed by atoms with van der Waals surface area (Å²) in [6, 6.07) is 16.6. The van der Waals surface area contributed by atoms with Crippen molar-refractivity contribution in [2.75, 3.05) is 6.61 Å². The van der Waals surface area contributed by atoms with Gasteiger partial charge in [-0.3, -0.25) is 0 Å². The standard InChI is InChI=1S/C26H20BrCl2NO4/c1-3-32-23-13-17(10-19(27)24(23)33-14-16-8-9-20(28)21(29)11-16)12-22-26(31)34-25(30-22)18-7-5-4-6-15(18)2/h4-13H,3,14H2,1-2H3/b22-12-. The van der Waals surface area contributed by atoms with Gasteiger partial charge in [0.15, 0.2) is 17.2 Å². The van der Waals surface area contributed by atoms with Crippen LogP contribution in [0.1, 0.15) is 29.2 Å². The molecule has 0 amide bonds. The van der Waals surface area contributed by atoms with Crippen molar-refractivity contribution in [3.8, 4) is 11.5 Å². The third-order valence-corrected chi connectivity index (χ3v) is 6.33. The average Bonchev–Trinajstić information content (AvgIpc) is 3.16. The highest BCUT2D eigenvalue weighted by Crippen LogP contribution is 2.38. The number of esters is 1. The molecule has 0 saturated carbocycles. The summed E-state index contributed by atoms with van der Waals surface area (Å²) in [6.45, 7) is 4.53. The quantitative estimate of drug-likeness (QED) is 0.223. The number of carbonyl (C=O) groups is 1. The van der Waals surface area contributed by atoms with Crippen molar-refractivity contribution in [3.63, 3.8) is 0 Å². The van der Waals surface area contributed by atoms with Crippen molar-refractivity contribution in [2.45, 2.75) is 20.5 Å². The summed E-state index contributed by atoms with van der Waals surface area (Å²) in [5.41, 5.74) is 3.53. The number of hydrogen-bond acceptors (Lipinski definition) is 5. The van der Waals surface area contributed by atoms with Crippen LogP contribution >= 0.6 is 39.1 Å². The first-order chi connectivity index (χ1) is 16.4. The largest absolute Gasteiger partial charge is 0.490 e. The second kappa shape index (κ2) is 10.6. The molecule has 1 aliphatic rings. The Hall–Kier alpha value is -2.80. The van der Waals surface area contributed by atoms with Crippen molar-refractivity contribution in [1.29, 1.82) is 0 Å². The third kappa shape index (κ3) is 5.46. The SMILES string of the molecule is CCOc1cc(/C=C2\N=C(c3ccccc3C)OC2=O)cc(Br)c1OCc1ccc(Cl)c(Cl)c1. The molecule has 8 heteroatoms. The first-order valence-electron chi connectivity index (χ1n) is 10.5. The molecule has 1 aliphatic heterocycles. The van der Waals surface area contributed by atoms with E-state index in [1.165, 1.54) is 0 Å². The van der Waals surface area contributed by atoms with Crippen LogP contribution in [0.4, 0.5) is 0 Å². The van der Waals surface area contributed by atoms with Gasteiger partial charge in [-0.15, -0.1) is 0 Å². The molecule has 0 saturated heterocycles. The molecule has 0 atom stereocenters. The predicted molar refractivity (Wildman–Crippen MR) is 138 cm³/mol. The fraction of sp³-hybridized carbons (Fsp3) is 0.154. The van der Waals surface area contributed by atoms with Crippen molar-refractivity contribution in [3.05, 3.63) is 97.1 Å². The zero-order valence-corrected chi connectivity index (χ0v) is 21.5. The van der Waals surface area contributed by atoms with Crippen LogP contribution in [0.15, 0.2) is 69.8 Å². The highest BCUT2D eigenvalue weighted by Gasteiger charge is 2.25. The third-order valence-electron chi connectivity index (χ3n) is 5.00. The Kier molecular flexibility index (Phi) is 7.61. The summed E-state index contributed by atoms with van der Waals surface area (Å²) in [4.78, 5) is 16.9. The molecule has 0 unspecified atom stereocenters. The van der Waals surface area contributed by atoms with E-state index < -0.39 is 5.97 Å². The monoisotopic (exact) mass is 559 g/mol. The van der Waals surface area contributed by atoms with E-state index in [4.69, 9.17) is 37.4 Å². The Morgan fingerprint density at radius 2 is 1.85 bits per heavy atom. The predicted octanol–water partition coefficient (Wildman–Crippen LogP) is 7.39. The maximum absolute atomic E-state index is 12.5. The molecule has 0 aliphatic carbocycles. The number of aryl methyl sites for hydroxylation is 1. The topological polar surface area (TPSA) is 57.1 Å². The minimum atomic E-state index is -0.507. The van der Waals surface area contributed by atoms with E-state index in [-0.39, 0.29) is 12.3 Å². The van der Waals surface area contributed by atoms with E-state index in [0.29, 0.717) is 44.1 Å². The molecule has 0 N–H and O–H groups in total. The Morgan fingerprint density at radius 1 is 1.06 bits per heavy atom. The molecule has 0 fully saturated rings. The molecule has 4 rings (SSSR count). The van der Waals surface area contributed by atoms with Gasteiger partial charge in [-0.25, -0.2) is 9.79 Å². The molecule has 3 aromatic rings. The van der Waals surface area contributed by atoms with Crippen LogP contribution in [0.25, 0.3) is 6.08 Å². The smallest absolute Gasteiger partial charge is 0.363 e. The zero-order chi connectivity index (χ0) is 24.2. The van der Waals surface area contributed by atoms with Gasteiger partial charge in [-0.2, -0.15) is 0 Å². The number of carbonyl (C=O) groups excluding carboxylic acids is 1. The number of aliphatic imine (C=N–C) groups is 1. The van der Waals surface area contributed by atoms with Gasteiger partial charge in [-0.05, 0) is 82.9 Å². The number of rotatable bonds is 7. The number of benzene rings is 3. The molecule has 1 heterocycles. The number of nitrogens with zero attached hydrogens (tertiary/aromatic N) is 1. The summed E-state index contributed by atoms with van der Waals surface area (Å²) >= 11 is 15.7. The van der Waals surface area contributed by atoms with Gasteiger partial charge >= 0.3 is 5.97 Å². The van der Waals surface area contributed by atoms with Gasteiger partial charge in [0, 0.05) is 5.56 Å². The Balaban J connectivity index is 1.62. The summed E-state index contributed by atoms with van der Waals surface area (Å²) in [5.74, 6) is 0.846. The van der Waals surface area contributed by atoms with Crippen LogP contribution in [-0.2, 0) is 16.1 Å². The van der Waals surface area contributed by atoms with E-state index in [1.807, 2.05) is 50.2 Å². The lowest BCUT2D eigenvalue weighted by molar-refractivity contribution is -0.129. The Bertz CT molecular complexity index is 1320. The fourth-order valence-corrected chi connectivity index (χ4v) is 4.25. The molecule has 3 aromatic carbocycles. The zero-order valence-electron chi connectivity index (χ0n) is 18.4. The van der Waals surface area contributed by atoms with E-state index in [0.717, 1.165) is 16.7 Å². The second-order valence-corrected chi connectivity index (χ2v) is 9.12. The van der Waals surface area contributed by atoms with Crippen molar-refractivity contribution in [1.82, 2.24) is 0 Å². The van der Waals surface area contributed by atoms with Crippen LogP contribution in [-0.4, -0.2) is 18.5 Å². The molecular formula is C26H20BrCl2NO4. The van der Waals surface area contributed by atoms with Gasteiger partial charge < -0.3 is 14.2 Å². The molecule has 34 heavy (non-hydrogen) atoms. The van der Waals surface area contributed by atoms with Crippen molar-refractivity contribution >= 4 is 57.1 Å². The molecule has 0 aromatic heterocycles. The summed E-state index contributed by atoms with van der Waals surface area (Å²) in [5, 5.41) is 0.945. The second-order valence-electron chi connectivity index (χ2n) is 7.45. The average molecular weight is 561 g/mol. The van der Waals surface area contributed by atoms with Crippen LogP contribution in [0.5, 0.6) is 11.5 Å². The lowest BCUT2D eigenvalue weighted by atomic mass is 10.1. The fourth-order valence-electron chi connectivity index (χ4n) is 3.35. The van der Waals surface area contributed by atoms with Gasteiger partial charge in [0.2, 0.25) is 5.90 Å². The molecule has 0 spiro atoms. The van der Waals surface area contributed by atoms with Crippen LogP contribution in [0.2, 0.25) is 10.0 Å². The van der Waals surface area contributed by atoms with Gasteiger partial charge in [0.1, 0.15) is 6.61 Å². The van der Waals surface area contributed by atoms with E-state index in [1.54, 1.807) is 24.3 Å². The maximum atomic E-state index is 12.5. The van der Waals surface area contributed by atoms with Crippen molar-refractivity contribution in [2.24, 2.45) is 4.99 Å². The van der Waals surface area contributed by atoms with Gasteiger partial charge in [0.05, 0.1) is 21.1 Å². The lowest BCUT2D eigenvalue weighted by Gasteiger charge is -2.15. The highest BCUT2D eigenvalue weighted by molar-refractivity contribution is 9.10. The normalized spacial score (nSPS) is 14.2. The number of cyclic esters (lactones) is 1. The number of ether oxygens (including phenoxy) is 3. The summed E-state index contributed by atoms with van der Waals surface area (Å²) < 4.78 is 17.9. The summed E-state index contributed by atoms with van der Waals surface area (Å²) in [7, 11) is 0. The van der Waals surface area contributed by atoms with E-state index in [2.05, 4.69) is 20.9 Å². The molecule has 0 bridgehead atoms. The first-order valence-corrected chi connectivity index (χ1v) is 12.0. The minimum absolute atomic E-state index is 0.206. The Morgan fingerprint density at radius 3 is 2.59 bits per heavy atom. The molecule has 5 nitrogen and oxygen atoms in total. The minimum Gasteiger partial charge on any atom is -0.490 e.